The summed E-state index contributed by atoms with van der Waals surface area (Å²) in [6, 6.07) is 10.5. The summed E-state index contributed by atoms with van der Waals surface area (Å²) in [5.74, 6) is 0.0428. The van der Waals surface area contributed by atoms with Gasteiger partial charge in [0.25, 0.3) is 11.8 Å². The highest BCUT2D eigenvalue weighted by Gasteiger charge is 2.43. The highest BCUT2D eigenvalue weighted by molar-refractivity contribution is 5.98. The Bertz CT molecular complexity index is 899. The van der Waals surface area contributed by atoms with Crippen molar-refractivity contribution in [2.24, 2.45) is 0 Å². The molecule has 2 amide bonds. The second-order valence-electron chi connectivity index (χ2n) is 6.72. The predicted octanol–water partition coefficient (Wildman–Crippen LogP) is 2.19. The van der Waals surface area contributed by atoms with Gasteiger partial charge in [-0.05, 0) is 36.4 Å². The number of nitrogens with zero attached hydrogens (tertiary/aromatic N) is 2. The Morgan fingerprint density at radius 2 is 1.93 bits per heavy atom. The number of carbonyl (C=O) groups excluding carboxylic acids is 2. The Morgan fingerprint density at radius 3 is 2.63 bits per heavy atom. The molecular weight excluding hydrogens is 351 g/mol. The molecule has 2 atom stereocenters. The van der Waals surface area contributed by atoms with E-state index in [0.717, 1.165) is 0 Å². The molecule has 2 heterocycles. The van der Waals surface area contributed by atoms with Crippen molar-refractivity contribution in [3.63, 3.8) is 0 Å². The lowest BCUT2D eigenvalue weighted by Crippen LogP contribution is -2.44. The molecular formula is C20H19FN2O4. The van der Waals surface area contributed by atoms with E-state index in [0.29, 0.717) is 30.0 Å². The van der Waals surface area contributed by atoms with Gasteiger partial charge in [-0.2, -0.15) is 0 Å². The number of ether oxygens (including phenoxy) is 2. The predicted molar refractivity (Wildman–Crippen MR) is 95.6 cm³/mol. The third-order valence-corrected chi connectivity index (χ3v) is 5.13. The highest BCUT2D eigenvalue weighted by atomic mass is 19.1. The summed E-state index contributed by atoms with van der Waals surface area (Å²) in [6.45, 7) is 0.678. The maximum Gasteiger partial charge on any atom is 0.257 e. The molecule has 0 saturated carbocycles. The maximum atomic E-state index is 13.6. The van der Waals surface area contributed by atoms with E-state index in [-0.39, 0.29) is 23.6 Å². The minimum Gasteiger partial charge on any atom is -0.497 e. The standard InChI is InChI=1S/C20H19FN2O4/c1-22-16-10-23(19(24)12-3-6-14(26-2)7-4-12)11-18(16)27-17-9-13(21)5-8-15(17)20(22)25/h3-9,16,18H,10-11H2,1-2H3/t16-,18+/m1/s1. The van der Waals surface area contributed by atoms with E-state index >= 15 is 0 Å². The van der Waals surface area contributed by atoms with Gasteiger partial charge in [0.1, 0.15) is 23.4 Å². The number of benzene rings is 2. The molecule has 27 heavy (non-hydrogen) atoms. The van der Waals surface area contributed by atoms with Gasteiger partial charge in [0.15, 0.2) is 0 Å². The Hall–Kier alpha value is -3.09. The van der Waals surface area contributed by atoms with Gasteiger partial charge in [0, 0.05) is 25.2 Å². The molecule has 0 spiro atoms. The van der Waals surface area contributed by atoms with Crippen molar-refractivity contribution in [3.05, 3.63) is 59.4 Å². The summed E-state index contributed by atoms with van der Waals surface area (Å²) >= 11 is 0. The molecule has 1 saturated heterocycles. The lowest BCUT2D eigenvalue weighted by atomic mass is 10.1. The van der Waals surface area contributed by atoms with Crippen molar-refractivity contribution in [3.8, 4) is 11.5 Å². The van der Waals surface area contributed by atoms with E-state index in [9.17, 15) is 14.0 Å². The first-order valence-electron chi connectivity index (χ1n) is 8.64. The zero-order valence-corrected chi connectivity index (χ0v) is 15.0. The molecule has 2 aromatic carbocycles. The number of hydrogen-bond acceptors (Lipinski definition) is 4. The average molecular weight is 370 g/mol. The summed E-state index contributed by atoms with van der Waals surface area (Å²) in [7, 11) is 3.25. The Balaban J connectivity index is 1.58. The summed E-state index contributed by atoms with van der Waals surface area (Å²) < 4.78 is 24.7. The van der Waals surface area contributed by atoms with Crippen molar-refractivity contribution >= 4 is 11.8 Å². The molecule has 2 aliphatic rings. The fourth-order valence-corrected chi connectivity index (χ4v) is 3.60. The molecule has 6 nitrogen and oxygen atoms in total. The van der Waals surface area contributed by atoms with Crippen molar-refractivity contribution < 1.29 is 23.5 Å². The van der Waals surface area contributed by atoms with Gasteiger partial charge in [-0.15, -0.1) is 0 Å². The second-order valence-corrected chi connectivity index (χ2v) is 6.72. The lowest BCUT2D eigenvalue weighted by Gasteiger charge is -2.25. The van der Waals surface area contributed by atoms with Crippen LogP contribution in [-0.2, 0) is 0 Å². The summed E-state index contributed by atoms with van der Waals surface area (Å²) in [4.78, 5) is 28.8. The number of fused-ring (bicyclic) bond motifs is 2. The van der Waals surface area contributed by atoms with Gasteiger partial charge in [-0.3, -0.25) is 9.59 Å². The molecule has 0 aromatic heterocycles. The topological polar surface area (TPSA) is 59.1 Å². The van der Waals surface area contributed by atoms with Gasteiger partial charge < -0.3 is 19.3 Å². The van der Waals surface area contributed by atoms with Crippen LogP contribution < -0.4 is 9.47 Å². The first kappa shape index (κ1) is 17.3. The largest absolute Gasteiger partial charge is 0.497 e. The number of carbonyl (C=O) groups is 2. The normalized spacial score (nSPS) is 21.2. The molecule has 2 aromatic rings. The molecule has 140 valence electrons. The van der Waals surface area contributed by atoms with Gasteiger partial charge in [-0.1, -0.05) is 0 Å². The number of halogens is 1. The summed E-state index contributed by atoms with van der Waals surface area (Å²) in [6.07, 6.45) is -0.413. The molecule has 2 aliphatic heterocycles. The molecule has 4 rings (SSSR count). The molecule has 0 bridgehead atoms. The average Bonchev–Trinajstić information content (AvgIpc) is 3.06. The molecule has 0 radical (unpaired) electrons. The molecule has 1 fully saturated rings. The maximum absolute atomic E-state index is 13.6. The number of likely N-dealkylation sites (tertiary alicyclic amines) is 1. The van der Waals surface area contributed by atoms with Crippen LogP contribution in [0.1, 0.15) is 20.7 Å². The second kappa shape index (κ2) is 6.57. The van der Waals surface area contributed by atoms with Crippen molar-refractivity contribution in [2.45, 2.75) is 12.1 Å². The van der Waals surface area contributed by atoms with Gasteiger partial charge in [0.05, 0.1) is 25.3 Å². The summed E-state index contributed by atoms with van der Waals surface area (Å²) in [5.41, 5.74) is 0.869. The van der Waals surface area contributed by atoms with Crippen LogP contribution in [0.2, 0.25) is 0 Å². The fourth-order valence-electron chi connectivity index (χ4n) is 3.60. The molecule has 7 heteroatoms. The minimum atomic E-state index is -0.466. The number of methoxy groups -OCH3 is 1. The van der Waals surface area contributed by atoms with Crippen molar-refractivity contribution in [1.29, 1.82) is 0 Å². The van der Waals surface area contributed by atoms with Crippen LogP contribution in [0.3, 0.4) is 0 Å². The lowest BCUT2D eigenvalue weighted by molar-refractivity contribution is 0.0674. The van der Waals surface area contributed by atoms with E-state index in [2.05, 4.69) is 0 Å². The number of amides is 2. The fraction of sp³-hybridized carbons (Fsp3) is 0.300. The van der Waals surface area contributed by atoms with Gasteiger partial charge in [0.2, 0.25) is 0 Å². The third kappa shape index (κ3) is 2.99. The Kier molecular flexibility index (Phi) is 4.22. The minimum absolute atomic E-state index is 0.144. The number of rotatable bonds is 2. The van der Waals surface area contributed by atoms with Crippen LogP contribution in [-0.4, -0.2) is 61.0 Å². The first-order valence-corrected chi connectivity index (χ1v) is 8.64. The van der Waals surface area contributed by atoms with Crippen LogP contribution in [0.4, 0.5) is 4.39 Å². The van der Waals surface area contributed by atoms with E-state index in [1.807, 2.05) is 0 Å². The van der Waals surface area contributed by atoms with Gasteiger partial charge >= 0.3 is 0 Å². The van der Waals surface area contributed by atoms with E-state index in [1.54, 1.807) is 48.2 Å². The van der Waals surface area contributed by atoms with Crippen LogP contribution in [0.15, 0.2) is 42.5 Å². The van der Waals surface area contributed by atoms with Crippen molar-refractivity contribution in [2.75, 3.05) is 27.2 Å². The smallest absolute Gasteiger partial charge is 0.257 e. The monoisotopic (exact) mass is 370 g/mol. The summed E-state index contributed by atoms with van der Waals surface area (Å²) in [5, 5.41) is 0. The quantitative estimate of drug-likeness (QED) is 0.813. The Labute approximate surface area is 156 Å². The van der Waals surface area contributed by atoms with E-state index < -0.39 is 11.9 Å². The van der Waals surface area contributed by atoms with E-state index in [4.69, 9.17) is 9.47 Å². The van der Waals surface area contributed by atoms with Crippen LogP contribution in [0.5, 0.6) is 11.5 Å². The van der Waals surface area contributed by atoms with Crippen LogP contribution >= 0.6 is 0 Å². The molecule has 0 unspecified atom stereocenters. The van der Waals surface area contributed by atoms with Crippen LogP contribution in [0.25, 0.3) is 0 Å². The van der Waals surface area contributed by atoms with Crippen molar-refractivity contribution in [1.82, 2.24) is 9.80 Å². The number of hydrogen-bond donors (Lipinski definition) is 0. The SMILES string of the molecule is COc1ccc(C(=O)N2C[C@@H]3Oc4cc(F)ccc4C(=O)N(C)[C@@H]3C2)cc1. The van der Waals surface area contributed by atoms with Gasteiger partial charge in [-0.25, -0.2) is 4.39 Å². The Morgan fingerprint density at radius 1 is 1.19 bits per heavy atom. The zero-order valence-electron chi connectivity index (χ0n) is 15.0. The molecule has 0 aliphatic carbocycles. The number of likely N-dealkylation sites (N-methyl/N-ethyl adjacent to an activating group) is 1. The third-order valence-electron chi connectivity index (χ3n) is 5.13. The zero-order chi connectivity index (χ0) is 19.1. The highest BCUT2D eigenvalue weighted by Crippen LogP contribution is 2.31. The molecule has 0 N–H and O–H groups in total. The van der Waals surface area contributed by atoms with Crippen LogP contribution in [0, 0.1) is 5.82 Å². The first-order chi connectivity index (χ1) is 13.0. The van der Waals surface area contributed by atoms with E-state index in [1.165, 1.54) is 18.2 Å².